The van der Waals surface area contributed by atoms with Crippen LogP contribution in [0, 0.1) is 11.8 Å². The highest BCUT2D eigenvalue weighted by Gasteiger charge is 2.46. The third kappa shape index (κ3) is 3.33. The summed E-state index contributed by atoms with van der Waals surface area (Å²) in [5.74, 6) is 2.18. The van der Waals surface area contributed by atoms with E-state index >= 15 is 0 Å². The molecule has 138 valence electrons. The predicted molar refractivity (Wildman–Crippen MR) is 98.8 cm³/mol. The zero-order valence-electron chi connectivity index (χ0n) is 15.1. The highest BCUT2D eigenvalue weighted by atomic mass is 16.5. The first-order valence-corrected chi connectivity index (χ1v) is 9.38. The molecule has 0 spiro atoms. The normalized spacial score (nSPS) is 24.7. The van der Waals surface area contributed by atoms with Crippen LogP contribution in [-0.2, 0) is 11.2 Å². The van der Waals surface area contributed by atoms with Gasteiger partial charge >= 0.3 is 0 Å². The second-order valence-electron chi connectivity index (χ2n) is 7.31. The fourth-order valence-corrected chi connectivity index (χ4v) is 4.41. The van der Waals surface area contributed by atoms with E-state index in [1.54, 1.807) is 7.11 Å². The highest BCUT2D eigenvalue weighted by molar-refractivity contribution is 5.77. The lowest BCUT2D eigenvalue weighted by atomic mass is 9.89. The molecule has 0 unspecified atom stereocenters. The number of ether oxygens (including phenoxy) is 1. The Morgan fingerprint density at radius 3 is 2.88 bits per heavy atom. The molecule has 0 bridgehead atoms. The Kier molecular flexibility index (Phi) is 4.93. The van der Waals surface area contributed by atoms with Crippen molar-refractivity contribution in [3.63, 3.8) is 0 Å². The third-order valence-electron chi connectivity index (χ3n) is 5.75. The van der Waals surface area contributed by atoms with E-state index in [4.69, 9.17) is 4.74 Å². The summed E-state index contributed by atoms with van der Waals surface area (Å²) < 4.78 is 5.28. The maximum absolute atomic E-state index is 13.0. The number of carbonyl (C=O) groups excluding carboxylic acids is 1. The van der Waals surface area contributed by atoms with E-state index < -0.39 is 0 Å². The molecule has 2 aliphatic heterocycles. The topological polar surface area (TPSA) is 70.2 Å². The number of fused-ring (bicyclic) bond motifs is 1. The monoisotopic (exact) mass is 354 g/mol. The number of carbonyl (C=O) groups is 1. The predicted octanol–water partition coefficient (Wildman–Crippen LogP) is 2.16. The first-order valence-electron chi connectivity index (χ1n) is 9.38. The summed E-state index contributed by atoms with van der Waals surface area (Å²) in [6.45, 7) is 2.86. The van der Waals surface area contributed by atoms with E-state index in [-0.39, 0.29) is 11.9 Å². The summed E-state index contributed by atoms with van der Waals surface area (Å²) in [7, 11) is 1.68. The van der Waals surface area contributed by atoms with E-state index in [1.165, 1.54) is 5.56 Å². The van der Waals surface area contributed by atoms with Gasteiger partial charge in [0, 0.05) is 38.2 Å². The van der Waals surface area contributed by atoms with Gasteiger partial charge in [-0.2, -0.15) is 5.10 Å². The fraction of sp³-hybridized carbons (Fsp3) is 0.500. The number of nitrogens with zero attached hydrogens (tertiary/aromatic N) is 2. The van der Waals surface area contributed by atoms with Crippen molar-refractivity contribution in [1.82, 2.24) is 20.4 Å². The molecule has 3 atom stereocenters. The van der Waals surface area contributed by atoms with Gasteiger partial charge in [-0.3, -0.25) is 9.89 Å². The number of benzene rings is 1. The lowest BCUT2D eigenvalue weighted by Crippen LogP contribution is -2.34. The standard InChI is InChI=1S/C20H26N4O2/c1-26-17-7-5-15(6-8-17)20-18-12-21-11-16(18)13-24(20)19(25)4-2-3-14-9-22-23-10-14/h5-10,16,18,20-21H,2-4,11-13H2,1H3,(H,22,23)/t16-,18-,20-/m0/s1. The molecule has 1 aromatic heterocycles. The van der Waals surface area contributed by atoms with E-state index in [1.807, 2.05) is 24.5 Å². The molecule has 1 amide bonds. The molecule has 2 fully saturated rings. The van der Waals surface area contributed by atoms with E-state index in [0.717, 1.165) is 43.8 Å². The van der Waals surface area contributed by atoms with Gasteiger partial charge in [0.05, 0.1) is 19.3 Å². The van der Waals surface area contributed by atoms with Gasteiger partial charge < -0.3 is 15.0 Å². The Bertz CT molecular complexity index is 729. The number of aryl methyl sites for hydroxylation is 1. The zero-order chi connectivity index (χ0) is 17.9. The van der Waals surface area contributed by atoms with Crippen molar-refractivity contribution in [1.29, 1.82) is 0 Å². The quantitative estimate of drug-likeness (QED) is 0.834. The number of rotatable bonds is 6. The van der Waals surface area contributed by atoms with Crippen LogP contribution >= 0.6 is 0 Å². The minimum atomic E-state index is 0.169. The summed E-state index contributed by atoms with van der Waals surface area (Å²) in [5.41, 5.74) is 2.37. The number of aromatic amines is 1. The van der Waals surface area contributed by atoms with Gasteiger partial charge in [0.2, 0.25) is 5.91 Å². The Balaban J connectivity index is 1.46. The maximum atomic E-state index is 13.0. The molecule has 0 radical (unpaired) electrons. The van der Waals surface area contributed by atoms with Gasteiger partial charge in [-0.15, -0.1) is 0 Å². The Morgan fingerprint density at radius 2 is 2.15 bits per heavy atom. The largest absolute Gasteiger partial charge is 0.497 e. The number of amides is 1. The summed E-state index contributed by atoms with van der Waals surface area (Å²) in [5, 5.41) is 10.3. The van der Waals surface area contributed by atoms with Crippen molar-refractivity contribution in [2.45, 2.75) is 25.3 Å². The number of hydrogen-bond donors (Lipinski definition) is 2. The molecular weight excluding hydrogens is 328 g/mol. The lowest BCUT2D eigenvalue weighted by Gasteiger charge is -2.28. The van der Waals surface area contributed by atoms with Crippen molar-refractivity contribution in [3.05, 3.63) is 47.8 Å². The van der Waals surface area contributed by atoms with Crippen LogP contribution in [0.5, 0.6) is 5.75 Å². The van der Waals surface area contributed by atoms with Gasteiger partial charge in [0.25, 0.3) is 0 Å². The van der Waals surface area contributed by atoms with Crippen LogP contribution in [0.15, 0.2) is 36.7 Å². The van der Waals surface area contributed by atoms with Crippen molar-refractivity contribution in [2.75, 3.05) is 26.7 Å². The minimum Gasteiger partial charge on any atom is -0.497 e. The summed E-state index contributed by atoms with van der Waals surface area (Å²) in [6.07, 6.45) is 6.06. The van der Waals surface area contributed by atoms with Crippen LogP contribution in [0.4, 0.5) is 0 Å². The summed E-state index contributed by atoms with van der Waals surface area (Å²) in [4.78, 5) is 15.1. The molecule has 1 aromatic carbocycles. The van der Waals surface area contributed by atoms with Crippen molar-refractivity contribution in [2.24, 2.45) is 11.8 Å². The highest BCUT2D eigenvalue weighted by Crippen LogP contribution is 2.43. The van der Waals surface area contributed by atoms with E-state index in [0.29, 0.717) is 18.3 Å². The summed E-state index contributed by atoms with van der Waals surface area (Å²) >= 11 is 0. The second-order valence-corrected chi connectivity index (χ2v) is 7.31. The Labute approximate surface area is 153 Å². The molecule has 0 saturated carbocycles. The van der Waals surface area contributed by atoms with Gasteiger partial charge in [-0.25, -0.2) is 0 Å². The SMILES string of the molecule is COc1ccc([C@H]2[C@H]3CNC[C@H]3CN2C(=O)CCCc2cn[nH]c2)cc1. The molecule has 3 heterocycles. The van der Waals surface area contributed by atoms with Crippen molar-refractivity contribution in [3.8, 4) is 5.75 Å². The molecule has 4 rings (SSSR count). The molecule has 6 nitrogen and oxygen atoms in total. The van der Waals surface area contributed by atoms with Crippen LogP contribution in [0.1, 0.15) is 30.0 Å². The molecule has 2 saturated heterocycles. The number of likely N-dealkylation sites (tertiary alicyclic amines) is 1. The summed E-state index contributed by atoms with van der Waals surface area (Å²) in [6, 6.07) is 8.37. The molecule has 26 heavy (non-hydrogen) atoms. The van der Waals surface area contributed by atoms with Crippen LogP contribution in [-0.4, -0.2) is 47.7 Å². The molecule has 0 aliphatic carbocycles. The molecule has 2 aromatic rings. The molecule has 6 heteroatoms. The Morgan fingerprint density at radius 1 is 1.31 bits per heavy atom. The number of aromatic nitrogens is 2. The second kappa shape index (κ2) is 7.50. The van der Waals surface area contributed by atoms with Crippen molar-refractivity contribution < 1.29 is 9.53 Å². The smallest absolute Gasteiger partial charge is 0.223 e. The number of methoxy groups -OCH3 is 1. The van der Waals surface area contributed by atoms with Crippen LogP contribution in [0.2, 0.25) is 0 Å². The van der Waals surface area contributed by atoms with Gasteiger partial charge in [0.15, 0.2) is 0 Å². The lowest BCUT2D eigenvalue weighted by molar-refractivity contribution is -0.132. The number of hydrogen-bond acceptors (Lipinski definition) is 4. The van der Waals surface area contributed by atoms with Crippen molar-refractivity contribution >= 4 is 5.91 Å². The Hall–Kier alpha value is -2.34. The average Bonchev–Trinajstić information content (AvgIpc) is 3.39. The van der Waals surface area contributed by atoms with Gasteiger partial charge in [-0.1, -0.05) is 12.1 Å². The molecular formula is C20H26N4O2. The first-order chi connectivity index (χ1) is 12.8. The average molecular weight is 354 g/mol. The first kappa shape index (κ1) is 17.1. The van der Waals surface area contributed by atoms with Crippen LogP contribution in [0.25, 0.3) is 0 Å². The van der Waals surface area contributed by atoms with Crippen LogP contribution < -0.4 is 10.1 Å². The molecule has 2 aliphatic rings. The van der Waals surface area contributed by atoms with E-state index in [2.05, 4.69) is 32.5 Å². The fourth-order valence-electron chi connectivity index (χ4n) is 4.41. The van der Waals surface area contributed by atoms with Gasteiger partial charge in [0.1, 0.15) is 5.75 Å². The minimum absolute atomic E-state index is 0.169. The maximum Gasteiger partial charge on any atom is 0.223 e. The zero-order valence-corrected chi connectivity index (χ0v) is 15.1. The van der Waals surface area contributed by atoms with Crippen LogP contribution in [0.3, 0.4) is 0 Å². The number of H-pyrrole nitrogens is 1. The molecule has 2 N–H and O–H groups in total. The van der Waals surface area contributed by atoms with E-state index in [9.17, 15) is 4.79 Å². The third-order valence-corrected chi connectivity index (χ3v) is 5.75. The van der Waals surface area contributed by atoms with Gasteiger partial charge in [-0.05, 0) is 42.0 Å². The number of nitrogens with one attached hydrogen (secondary N) is 2.